The topological polar surface area (TPSA) is 12.0 Å². The first-order valence-corrected chi connectivity index (χ1v) is 8.07. The summed E-state index contributed by atoms with van der Waals surface area (Å²) in [5.41, 5.74) is 5.46. The molecule has 2 aromatic rings. The third kappa shape index (κ3) is 3.29. The largest absolute Gasteiger partial charge is 0.378 e. The highest BCUT2D eigenvalue weighted by Gasteiger charge is 2.32. The second-order valence-corrected chi connectivity index (χ2v) is 6.61. The Kier molecular flexibility index (Phi) is 4.01. The van der Waals surface area contributed by atoms with Crippen LogP contribution in [0.1, 0.15) is 55.3 Å². The van der Waals surface area contributed by atoms with Crippen molar-refractivity contribution in [1.82, 2.24) is 0 Å². The standard InChI is InChI=1S/C20H25N/c1-14(2)18-6-4-5-7-19(18)21-20(17-12-13-17)16-10-8-15(3)9-11-16/h4-11,14,17,20-21H,12-13H2,1-3H3. The zero-order valence-electron chi connectivity index (χ0n) is 13.3. The average Bonchev–Trinajstić information content (AvgIpc) is 3.31. The van der Waals surface area contributed by atoms with Crippen LogP contribution in [0.25, 0.3) is 0 Å². The first-order chi connectivity index (χ1) is 10.1. The molecule has 0 spiro atoms. The van der Waals surface area contributed by atoms with E-state index in [0.29, 0.717) is 12.0 Å². The Morgan fingerprint density at radius 3 is 2.24 bits per heavy atom. The summed E-state index contributed by atoms with van der Waals surface area (Å²) in [6.45, 7) is 6.68. The van der Waals surface area contributed by atoms with Gasteiger partial charge in [-0.15, -0.1) is 0 Å². The molecule has 1 nitrogen and oxygen atoms in total. The Labute approximate surface area is 128 Å². The molecule has 1 aliphatic rings. The number of hydrogen-bond acceptors (Lipinski definition) is 1. The van der Waals surface area contributed by atoms with Gasteiger partial charge >= 0.3 is 0 Å². The fourth-order valence-electron chi connectivity index (χ4n) is 2.98. The lowest BCUT2D eigenvalue weighted by molar-refractivity contribution is 0.676. The summed E-state index contributed by atoms with van der Waals surface area (Å²) in [4.78, 5) is 0. The molecule has 1 atom stereocenters. The summed E-state index contributed by atoms with van der Waals surface area (Å²) in [6.07, 6.45) is 2.69. The summed E-state index contributed by atoms with van der Waals surface area (Å²) in [7, 11) is 0. The van der Waals surface area contributed by atoms with Crippen molar-refractivity contribution < 1.29 is 0 Å². The van der Waals surface area contributed by atoms with E-state index in [9.17, 15) is 0 Å². The third-order valence-corrected chi connectivity index (χ3v) is 4.42. The number of anilines is 1. The van der Waals surface area contributed by atoms with Gasteiger partial charge in [0, 0.05) is 5.69 Å². The van der Waals surface area contributed by atoms with Crippen LogP contribution in [0.5, 0.6) is 0 Å². The van der Waals surface area contributed by atoms with Gasteiger partial charge in [0.05, 0.1) is 6.04 Å². The van der Waals surface area contributed by atoms with Crippen molar-refractivity contribution in [2.24, 2.45) is 5.92 Å². The second-order valence-electron chi connectivity index (χ2n) is 6.61. The van der Waals surface area contributed by atoms with E-state index in [1.807, 2.05) is 0 Å². The minimum absolute atomic E-state index is 0.450. The van der Waals surface area contributed by atoms with Crippen molar-refractivity contribution in [2.75, 3.05) is 5.32 Å². The van der Waals surface area contributed by atoms with E-state index in [1.165, 1.54) is 35.2 Å². The van der Waals surface area contributed by atoms with Gasteiger partial charge in [-0.25, -0.2) is 0 Å². The van der Waals surface area contributed by atoms with Crippen LogP contribution in [-0.2, 0) is 0 Å². The van der Waals surface area contributed by atoms with E-state index in [4.69, 9.17) is 0 Å². The quantitative estimate of drug-likeness (QED) is 0.742. The SMILES string of the molecule is Cc1ccc(C(Nc2ccccc2C(C)C)C2CC2)cc1. The van der Waals surface area contributed by atoms with Crippen LogP contribution >= 0.6 is 0 Å². The second kappa shape index (κ2) is 5.93. The predicted molar refractivity (Wildman–Crippen MR) is 90.8 cm³/mol. The van der Waals surface area contributed by atoms with Crippen molar-refractivity contribution in [3.05, 3.63) is 65.2 Å². The maximum atomic E-state index is 3.83. The molecular formula is C20H25N. The minimum atomic E-state index is 0.450. The van der Waals surface area contributed by atoms with Crippen LogP contribution in [-0.4, -0.2) is 0 Å². The molecule has 3 rings (SSSR count). The van der Waals surface area contributed by atoms with E-state index >= 15 is 0 Å². The lowest BCUT2D eigenvalue weighted by Crippen LogP contribution is -2.14. The molecule has 0 heterocycles. The summed E-state index contributed by atoms with van der Waals surface area (Å²) < 4.78 is 0. The number of rotatable bonds is 5. The number of aryl methyl sites for hydroxylation is 1. The number of para-hydroxylation sites is 1. The monoisotopic (exact) mass is 279 g/mol. The number of benzene rings is 2. The summed E-state index contributed by atoms with van der Waals surface area (Å²) in [5.74, 6) is 1.33. The highest BCUT2D eigenvalue weighted by atomic mass is 14.9. The van der Waals surface area contributed by atoms with Crippen LogP contribution < -0.4 is 5.32 Å². The van der Waals surface area contributed by atoms with Crippen molar-refractivity contribution in [1.29, 1.82) is 0 Å². The summed E-state index contributed by atoms with van der Waals surface area (Å²) in [6, 6.07) is 18.2. The van der Waals surface area contributed by atoms with Gasteiger partial charge < -0.3 is 5.32 Å². The number of hydrogen-bond donors (Lipinski definition) is 1. The lowest BCUT2D eigenvalue weighted by Gasteiger charge is -2.23. The average molecular weight is 279 g/mol. The third-order valence-electron chi connectivity index (χ3n) is 4.42. The molecule has 1 aliphatic carbocycles. The smallest absolute Gasteiger partial charge is 0.0542 e. The Morgan fingerprint density at radius 2 is 1.62 bits per heavy atom. The molecule has 21 heavy (non-hydrogen) atoms. The fraction of sp³-hybridized carbons (Fsp3) is 0.400. The van der Waals surface area contributed by atoms with Crippen LogP contribution in [0, 0.1) is 12.8 Å². The molecule has 1 N–H and O–H groups in total. The molecule has 2 aromatic carbocycles. The molecule has 0 radical (unpaired) electrons. The van der Waals surface area contributed by atoms with E-state index < -0.39 is 0 Å². The van der Waals surface area contributed by atoms with Crippen molar-refractivity contribution in [3.8, 4) is 0 Å². The zero-order valence-corrected chi connectivity index (χ0v) is 13.3. The summed E-state index contributed by atoms with van der Waals surface area (Å²) in [5, 5.41) is 3.83. The number of nitrogens with one attached hydrogen (secondary N) is 1. The molecule has 1 unspecified atom stereocenters. The maximum Gasteiger partial charge on any atom is 0.0542 e. The van der Waals surface area contributed by atoms with Crippen molar-refractivity contribution in [3.63, 3.8) is 0 Å². The Morgan fingerprint density at radius 1 is 0.952 bits per heavy atom. The van der Waals surface area contributed by atoms with E-state index in [2.05, 4.69) is 74.6 Å². The molecule has 0 aliphatic heterocycles. The van der Waals surface area contributed by atoms with Gasteiger partial charge in [-0.3, -0.25) is 0 Å². The van der Waals surface area contributed by atoms with Gasteiger partial charge in [0.2, 0.25) is 0 Å². The zero-order chi connectivity index (χ0) is 14.8. The van der Waals surface area contributed by atoms with Gasteiger partial charge in [-0.2, -0.15) is 0 Å². The van der Waals surface area contributed by atoms with E-state index in [1.54, 1.807) is 0 Å². The van der Waals surface area contributed by atoms with Crippen LogP contribution in [0.3, 0.4) is 0 Å². The molecule has 110 valence electrons. The molecule has 0 amide bonds. The molecule has 1 heteroatoms. The van der Waals surface area contributed by atoms with Gasteiger partial charge in [-0.05, 0) is 48.8 Å². The van der Waals surface area contributed by atoms with Crippen LogP contribution in [0.4, 0.5) is 5.69 Å². The fourth-order valence-corrected chi connectivity index (χ4v) is 2.98. The Hall–Kier alpha value is -1.76. The Balaban J connectivity index is 1.88. The van der Waals surface area contributed by atoms with Gasteiger partial charge in [-0.1, -0.05) is 61.9 Å². The highest BCUT2D eigenvalue weighted by Crippen LogP contribution is 2.43. The Bertz CT molecular complexity index is 593. The van der Waals surface area contributed by atoms with Gasteiger partial charge in [0.25, 0.3) is 0 Å². The molecular weight excluding hydrogens is 254 g/mol. The van der Waals surface area contributed by atoms with Crippen molar-refractivity contribution in [2.45, 2.75) is 45.6 Å². The van der Waals surface area contributed by atoms with Crippen LogP contribution in [0.15, 0.2) is 48.5 Å². The lowest BCUT2D eigenvalue weighted by atomic mass is 9.97. The van der Waals surface area contributed by atoms with Gasteiger partial charge in [0.1, 0.15) is 0 Å². The summed E-state index contributed by atoms with van der Waals surface area (Å²) >= 11 is 0. The van der Waals surface area contributed by atoms with Crippen molar-refractivity contribution >= 4 is 5.69 Å². The maximum absolute atomic E-state index is 3.83. The minimum Gasteiger partial charge on any atom is -0.378 e. The normalized spacial score (nSPS) is 16.0. The van der Waals surface area contributed by atoms with Crippen LogP contribution in [0.2, 0.25) is 0 Å². The molecule has 0 bridgehead atoms. The van der Waals surface area contributed by atoms with E-state index in [0.717, 1.165) is 5.92 Å². The van der Waals surface area contributed by atoms with E-state index in [-0.39, 0.29) is 0 Å². The molecule has 1 fully saturated rings. The first kappa shape index (κ1) is 14.2. The first-order valence-electron chi connectivity index (χ1n) is 8.07. The highest BCUT2D eigenvalue weighted by molar-refractivity contribution is 5.54. The molecule has 1 saturated carbocycles. The predicted octanol–water partition coefficient (Wildman–Crippen LogP) is 5.68. The molecule has 0 saturated heterocycles. The van der Waals surface area contributed by atoms with Gasteiger partial charge in [0.15, 0.2) is 0 Å². The molecule has 0 aromatic heterocycles.